The van der Waals surface area contributed by atoms with Gasteiger partial charge in [-0.2, -0.15) is 0 Å². The van der Waals surface area contributed by atoms with Crippen molar-refractivity contribution in [2.24, 2.45) is 0 Å². The summed E-state index contributed by atoms with van der Waals surface area (Å²) in [5, 5.41) is 0. The second kappa shape index (κ2) is 5.25. The van der Waals surface area contributed by atoms with Gasteiger partial charge in [0.1, 0.15) is 0 Å². The maximum absolute atomic E-state index is 2.80. The highest BCUT2D eigenvalue weighted by Gasteiger charge is 2.61. The molecule has 0 saturated carbocycles. The monoisotopic (exact) mass is 348 g/mol. The molecule has 0 aromatic carbocycles. The molecule has 0 aliphatic carbocycles. The third-order valence-electron chi connectivity index (χ3n) is 7.19. The molecular formula is C12H36Si6. The summed E-state index contributed by atoms with van der Waals surface area (Å²) < 4.78 is 0. The Kier molecular flexibility index (Phi) is 5.63. The van der Waals surface area contributed by atoms with Crippen molar-refractivity contribution < 1.29 is 0 Å². The Morgan fingerprint density at radius 1 is 0.500 bits per heavy atom. The van der Waals surface area contributed by atoms with E-state index in [1.807, 2.05) is 0 Å². The molecule has 0 aromatic rings. The first-order valence-corrected chi connectivity index (χ1v) is 29.2. The summed E-state index contributed by atoms with van der Waals surface area (Å²) in [6, 6.07) is 0. The first-order chi connectivity index (χ1) is 7.56. The molecular weight excluding hydrogens is 313 g/mol. The topological polar surface area (TPSA) is 0 Å². The maximum atomic E-state index is 2.80. The van der Waals surface area contributed by atoms with E-state index in [9.17, 15) is 0 Å². The molecule has 0 amide bonds. The van der Waals surface area contributed by atoms with Crippen molar-refractivity contribution in [1.82, 2.24) is 0 Å². The average molecular weight is 349 g/mol. The minimum Gasteiger partial charge on any atom is -0.0756 e. The Balaban J connectivity index is 5.80. The fraction of sp³-hybridized carbons (Fsp3) is 1.00. The number of hydrogen-bond donors (Lipinski definition) is 0. The lowest BCUT2D eigenvalue weighted by Gasteiger charge is -2.58. The summed E-state index contributed by atoms with van der Waals surface area (Å²) in [5.41, 5.74) is 0. The zero-order valence-corrected chi connectivity index (χ0v) is 21.0. The second-order valence-electron chi connectivity index (χ2n) is 9.00. The smallest absolute Gasteiger partial charge is 0.0354 e. The van der Waals surface area contributed by atoms with E-state index in [2.05, 4.69) is 78.6 Å². The zero-order chi connectivity index (χ0) is 15.2. The summed E-state index contributed by atoms with van der Waals surface area (Å²) in [6.45, 7) is 32.6. The lowest BCUT2D eigenvalue weighted by Crippen LogP contribution is -2.85. The molecule has 0 bridgehead atoms. The summed E-state index contributed by atoms with van der Waals surface area (Å²) in [7, 11) is -3.73. The molecule has 0 N–H and O–H groups in total. The lowest BCUT2D eigenvalue weighted by atomic mass is 11.8. The highest BCUT2D eigenvalue weighted by molar-refractivity contribution is 7.95. The van der Waals surface area contributed by atoms with Crippen LogP contribution in [0.1, 0.15) is 0 Å². The van der Waals surface area contributed by atoms with Gasteiger partial charge in [-0.1, -0.05) is 78.6 Å². The SMILES string of the molecule is C[Si][Si](C)(C)[Si](C)(C)[Si](C)(C)[Si](C)(C)[Si](C)(C)C. The summed E-state index contributed by atoms with van der Waals surface area (Å²) in [6.07, 6.45) is 0. The molecule has 0 aliphatic heterocycles. The summed E-state index contributed by atoms with van der Waals surface area (Å²) >= 11 is 0. The van der Waals surface area contributed by atoms with Crippen molar-refractivity contribution in [3.05, 3.63) is 0 Å². The third-order valence-corrected chi connectivity index (χ3v) is 114. The van der Waals surface area contributed by atoms with Gasteiger partial charge < -0.3 is 0 Å². The van der Waals surface area contributed by atoms with Crippen molar-refractivity contribution in [2.75, 3.05) is 0 Å². The van der Waals surface area contributed by atoms with Gasteiger partial charge in [-0.15, -0.1) is 0 Å². The Morgan fingerprint density at radius 2 is 0.833 bits per heavy atom. The first kappa shape index (κ1) is 19.3. The highest BCUT2D eigenvalue weighted by Crippen LogP contribution is 2.38. The fourth-order valence-corrected chi connectivity index (χ4v) is 130. The molecule has 0 saturated heterocycles. The zero-order valence-electron chi connectivity index (χ0n) is 15.0. The van der Waals surface area contributed by atoms with E-state index in [1.165, 1.54) is 9.04 Å². The minimum atomic E-state index is -1.04. The van der Waals surface area contributed by atoms with Crippen molar-refractivity contribution in [3.63, 3.8) is 0 Å². The van der Waals surface area contributed by atoms with Crippen LogP contribution in [-0.2, 0) is 0 Å². The Morgan fingerprint density at radius 3 is 1.06 bits per heavy atom. The number of rotatable bonds is 5. The van der Waals surface area contributed by atoms with E-state index in [4.69, 9.17) is 0 Å². The summed E-state index contributed by atoms with van der Waals surface area (Å²) in [5.74, 6) is 0. The highest BCUT2D eigenvalue weighted by atomic mass is 30.0. The summed E-state index contributed by atoms with van der Waals surface area (Å²) in [4.78, 5) is 0. The van der Waals surface area contributed by atoms with E-state index in [0.29, 0.717) is 0 Å². The Bertz CT molecular complexity index is 298. The molecule has 2 radical (unpaired) electrons. The molecule has 108 valence electrons. The van der Waals surface area contributed by atoms with E-state index in [1.54, 1.807) is 0 Å². The van der Waals surface area contributed by atoms with Crippen LogP contribution in [0, 0.1) is 0 Å². The van der Waals surface area contributed by atoms with Crippen LogP contribution in [0.4, 0.5) is 0 Å². The standard InChI is InChI=1S/C12H36Si6/c1-13-15(5,6)17(9,10)18(11,12)16(7,8)14(2,3)4/h1-12H3. The largest absolute Gasteiger partial charge is 0.0756 e. The normalized spacial score (nSPS) is 16.0. The third kappa shape index (κ3) is 2.83. The predicted octanol–water partition coefficient (Wildman–Crippen LogP) is 4.72. The lowest BCUT2D eigenvalue weighted by molar-refractivity contribution is 1.73. The van der Waals surface area contributed by atoms with Crippen molar-refractivity contribution >= 4 is 45.1 Å². The van der Waals surface area contributed by atoms with Gasteiger partial charge in [-0.3, -0.25) is 0 Å². The van der Waals surface area contributed by atoms with Gasteiger partial charge in [0.05, 0.1) is 0 Å². The van der Waals surface area contributed by atoms with E-state index >= 15 is 0 Å². The van der Waals surface area contributed by atoms with Crippen molar-refractivity contribution in [3.8, 4) is 0 Å². The fourth-order valence-electron chi connectivity index (χ4n) is 2.81. The molecule has 0 aliphatic rings. The van der Waals surface area contributed by atoms with E-state index in [0.717, 1.165) is 0 Å². The molecule has 0 fully saturated rings. The average Bonchev–Trinajstić information content (AvgIpc) is 2.15. The molecule has 0 spiro atoms. The van der Waals surface area contributed by atoms with Crippen LogP contribution in [0.15, 0.2) is 0 Å². The van der Waals surface area contributed by atoms with Gasteiger partial charge in [0.15, 0.2) is 0 Å². The quantitative estimate of drug-likeness (QED) is 0.630. The molecule has 0 heterocycles. The van der Waals surface area contributed by atoms with Crippen LogP contribution in [-0.4, -0.2) is 45.1 Å². The van der Waals surface area contributed by atoms with Gasteiger partial charge in [0.25, 0.3) is 0 Å². The van der Waals surface area contributed by atoms with Crippen LogP contribution in [0.2, 0.25) is 78.6 Å². The second-order valence-corrected chi connectivity index (χ2v) is 69.0. The molecule has 0 nitrogen and oxygen atoms in total. The Hall–Kier alpha value is 1.30. The van der Waals surface area contributed by atoms with Gasteiger partial charge in [0, 0.05) is 45.1 Å². The predicted molar refractivity (Wildman–Crippen MR) is 105 cm³/mol. The molecule has 0 atom stereocenters. The minimum absolute atomic E-state index is 0.944. The van der Waals surface area contributed by atoms with Crippen LogP contribution in [0.5, 0.6) is 0 Å². The van der Waals surface area contributed by atoms with Gasteiger partial charge in [-0.25, -0.2) is 0 Å². The van der Waals surface area contributed by atoms with Crippen LogP contribution in [0.3, 0.4) is 0 Å². The molecule has 0 aromatic heterocycles. The van der Waals surface area contributed by atoms with Crippen LogP contribution >= 0.6 is 0 Å². The van der Waals surface area contributed by atoms with E-state index in [-0.39, 0.29) is 0 Å². The van der Waals surface area contributed by atoms with Crippen LogP contribution < -0.4 is 0 Å². The van der Waals surface area contributed by atoms with Crippen LogP contribution in [0.25, 0.3) is 0 Å². The van der Waals surface area contributed by atoms with Gasteiger partial charge in [-0.05, 0) is 0 Å². The van der Waals surface area contributed by atoms with Gasteiger partial charge >= 0.3 is 0 Å². The van der Waals surface area contributed by atoms with Crippen molar-refractivity contribution in [1.29, 1.82) is 0 Å². The Labute approximate surface area is 123 Å². The van der Waals surface area contributed by atoms with Crippen molar-refractivity contribution in [2.45, 2.75) is 78.6 Å². The van der Waals surface area contributed by atoms with E-state index < -0.39 is 36.0 Å². The maximum Gasteiger partial charge on any atom is 0.0354 e. The molecule has 6 heteroatoms. The first-order valence-electron chi connectivity index (χ1n) is 7.25. The molecule has 0 unspecified atom stereocenters. The number of hydrogen-bond acceptors (Lipinski definition) is 0. The molecule has 0 rings (SSSR count). The van der Waals surface area contributed by atoms with Gasteiger partial charge in [0.2, 0.25) is 0 Å². The molecule has 18 heavy (non-hydrogen) atoms.